The number of rotatable bonds is 4. The van der Waals surface area contributed by atoms with E-state index in [4.69, 9.17) is 15.3 Å². The molecule has 0 aliphatic rings. The molecule has 0 spiro atoms. The molecule has 13 heavy (non-hydrogen) atoms. The molecular formula is C4H13NO7S. The van der Waals surface area contributed by atoms with Gasteiger partial charge in [0.1, 0.15) is 0 Å². The normalized spacial score (nSPS) is 14.8. The van der Waals surface area contributed by atoms with Gasteiger partial charge in [-0.1, -0.05) is 0 Å². The molecular weight excluding hydrogens is 206 g/mol. The summed E-state index contributed by atoms with van der Waals surface area (Å²) in [5, 5.41) is 25.0. The minimum Gasteiger partial charge on any atom is -0.726 e. The first kappa shape index (κ1) is 15.2. The fourth-order valence-electron chi connectivity index (χ4n) is 0.621. The second-order valence-electron chi connectivity index (χ2n) is 2.29. The Morgan fingerprint density at radius 2 is 1.85 bits per heavy atom. The maximum absolute atomic E-state index is 9.90. The molecule has 0 aromatic carbocycles. The van der Waals surface area contributed by atoms with Crippen LogP contribution < -0.4 is 6.15 Å². The third-order valence-electron chi connectivity index (χ3n) is 0.843. The zero-order valence-electron chi connectivity index (χ0n) is 7.17. The number of quaternary nitrogens is 1. The van der Waals surface area contributed by atoms with E-state index in [0.717, 1.165) is 6.92 Å². The Morgan fingerprint density at radius 1 is 1.46 bits per heavy atom. The summed E-state index contributed by atoms with van der Waals surface area (Å²) >= 11 is 0. The second kappa shape index (κ2) is 4.81. The van der Waals surface area contributed by atoms with Crippen LogP contribution in [0.25, 0.3) is 0 Å². The molecule has 1 unspecified atom stereocenters. The van der Waals surface area contributed by atoms with E-state index in [0.29, 0.717) is 0 Å². The Kier molecular flexibility index (Phi) is 5.62. The van der Waals surface area contributed by atoms with E-state index in [2.05, 4.69) is 4.18 Å². The summed E-state index contributed by atoms with van der Waals surface area (Å²) < 4.78 is 33.5. The zero-order valence-corrected chi connectivity index (χ0v) is 7.98. The molecule has 0 rings (SSSR count). The Balaban J connectivity index is 0. The first-order chi connectivity index (χ1) is 5.10. The summed E-state index contributed by atoms with van der Waals surface area (Å²) in [6.07, 6.45) is -2.10. The molecule has 9 heteroatoms. The highest BCUT2D eigenvalue weighted by Gasteiger charge is 2.23. The van der Waals surface area contributed by atoms with Gasteiger partial charge in [-0.25, -0.2) is 8.42 Å². The lowest BCUT2D eigenvalue weighted by molar-refractivity contribution is -0.320. The molecule has 0 fully saturated rings. The number of hydrogen-bond acceptors (Lipinski definition) is 7. The average molecular weight is 219 g/mol. The molecule has 0 radical (unpaired) electrons. The fourth-order valence-corrected chi connectivity index (χ4v) is 1.09. The average Bonchev–Trinajstić information content (AvgIpc) is 1.49. The third-order valence-corrected chi connectivity index (χ3v) is 1.41. The van der Waals surface area contributed by atoms with Crippen LogP contribution in [-0.2, 0) is 14.6 Å². The molecule has 0 aliphatic carbocycles. The summed E-state index contributed by atoms with van der Waals surface area (Å²) in [5.74, 6) is -3.04. The first-order valence-corrected chi connectivity index (χ1v) is 4.25. The van der Waals surface area contributed by atoms with Crippen molar-refractivity contribution >= 4 is 10.4 Å². The van der Waals surface area contributed by atoms with Crippen LogP contribution in [-0.4, -0.2) is 40.4 Å². The van der Waals surface area contributed by atoms with Crippen molar-refractivity contribution in [1.29, 1.82) is 0 Å². The van der Waals surface area contributed by atoms with Crippen LogP contribution >= 0.6 is 0 Å². The van der Waals surface area contributed by atoms with Crippen LogP contribution in [0.1, 0.15) is 13.3 Å². The fraction of sp³-hybridized carbons (Fsp3) is 1.00. The zero-order chi connectivity index (χ0) is 9.99. The smallest absolute Gasteiger partial charge is 0.277 e. The van der Waals surface area contributed by atoms with Crippen LogP contribution in [0, 0.1) is 0 Å². The summed E-state index contributed by atoms with van der Waals surface area (Å²) in [7, 11) is -4.88. The van der Waals surface area contributed by atoms with Gasteiger partial charge in [0.15, 0.2) is 0 Å². The van der Waals surface area contributed by atoms with Gasteiger partial charge in [-0.2, -0.15) is 0 Å². The highest BCUT2D eigenvalue weighted by molar-refractivity contribution is 7.80. The molecule has 7 N–H and O–H groups in total. The first-order valence-electron chi connectivity index (χ1n) is 2.91. The maximum atomic E-state index is 9.90. The van der Waals surface area contributed by atoms with E-state index in [9.17, 15) is 13.0 Å². The van der Waals surface area contributed by atoms with Crippen LogP contribution in [0.4, 0.5) is 0 Å². The van der Waals surface area contributed by atoms with Gasteiger partial charge in [-0.05, 0) is 6.92 Å². The molecule has 0 heterocycles. The summed E-state index contributed by atoms with van der Waals surface area (Å²) in [6.45, 7) is 1.09. The Morgan fingerprint density at radius 3 is 2.08 bits per heavy atom. The molecule has 0 saturated carbocycles. The maximum Gasteiger partial charge on any atom is 0.277 e. The number of aliphatic hydroxyl groups is 3. The third kappa shape index (κ3) is 11.7. The van der Waals surface area contributed by atoms with Gasteiger partial charge < -0.3 is 26.0 Å². The largest absolute Gasteiger partial charge is 0.726 e. The van der Waals surface area contributed by atoms with Crippen molar-refractivity contribution in [3.8, 4) is 0 Å². The highest BCUT2D eigenvalue weighted by Crippen LogP contribution is 2.09. The van der Waals surface area contributed by atoms with Crippen molar-refractivity contribution in [3.63, 3.8) is 0 Å². The van der Waals surface area contributed by atoms with Gasteiger partial charge >= 0.3 is 0 Å². The lowest BCUT2D eigenvalue weighted by Gasteiger charge is -2.20. The second-order valence-corrected chi connectivity index (χ2v) is 3.30. The van der Waals surface area contributed by atoms with Gasteiger partial charge in [0.2, 0.25) is 10.4 Å². The van der Waals surface area contributed by atoms with Crippen molar-refractivity contribution < 1.29 is 32.5 Å². The predicted octanol–water partition coefficient (Wildman–Crippen LogP) is -1.75. The van der Waals surface area contributed by atoms with Gasteiger partial charge in [0.05, 0.1) is 12.5 Å². The Labute approximate surface area is 75.3 Å². The van der Waals surface area contributed by atoms with Gasteiger partial charge in [0, 0.05) is 0 Å². The van der Waals surface area contributed by atoms with Gasteiger partial charge in [-0.3, -0.25) is 4.18 Å². The van der Waals surface area contributed by atoms with Crippen molar-refractivity contribution in [2.75, 3.05) is 0 Å². The molecule has 8 nitrogen and oxygen atoms in total. The standard InChI is InChI=1S/C4H10O7S.H3N/c1-3(2-4(5,6)7)11-12(8,9)10;/h3,5-7H,2H2,1H3,(H,8,9,10);1H3. The molecule has 0 aromatic heterocycles. The van der Waals surface area contributed by atoms with E-state index in [1.54, 1.807) is 0 Å². The number of hydrogen-bond donors (Lipinski definition) is 4. The quantitative estimate of drug-likeness (QED) is 0.247. The molecule has 0 bridgehead atoms. The van der Waals surface area contributed by atoms with Crippen LogP contribution in [0.5, 0.6) is 0 Å². The van der Waals surface area contributed by atoms with E-state index >= 15 is 0 Å². The van der Waals surface area contributed by atoms with Crippen LogP contribution in [0.15, 0.2) is 0 Å². The van der Waals surface area contributed by atoms with Crippen LogP contribution in [0.3, 0.4) is 0 Å². The summed E-state index contributed by atoms with van der Waals surface area (Å²) in [5.41, 5.74) is 0. The molecule has 82 valence electrons. The summed E-state index contributed by atoms with van der Waals surface area (Å²) in [6, 6.07) is 0. The van der Waals surface area contributed by atoms with Crippen LogP contribution in [0.2, 0.25) is 0 Å². The van der Waals surface area contributed by atoms with Crippen molar-refractivity contribution in [1.82, 2.24) is 6.15 Å². The SMILES string of the molecule is CC(CC(O)(O)O)OS(=O)(=O)[O-].[NH4+]. The molecule has 0 aromatic rings. The lowest BCUT2D eigenvalue weighted by atomic mass is 10.2. The van der Waals surface area contributed by atoms with E-state index in [1.807, 2.05) is 0 Å². The van der Waals surface area contributed by atoms with Crippen molar-refractivity contribution in [2.45, 2.75) is 25.4 Å². The molecule has 0 amide bonds. The molecule has 1 atom stereocenters. The Hall–Kier alpha value is -0.290. The van der Waals surface area contributed by atoms with Gasteiger partial charge in [-0.15, -0.1) is 0 Å². The predicted molar refractivity (Wildman–Crippen MR) is 40.2 cm³/mol. The lowest BCUT2D eigenvalue weighted by Crippen LogP contribution is -2.33. The molecule has 0 aliphatic heterocycles. The van der Waals surface area contributed by atoms with E-state index < -0.39 is 28.9 Å². The molecule has 0 saturated heterocycles. The highest BCUT2D eigenvalue weighted by atomic mass is 32.3. The monoisotopic (exact) mass is 219 g/mol. The Bertz CT molecular complexity index is 229. The summed E-state index contributed by atoms with van der Waals surface area (Å²) in [4.78, 5) is 0. The van der Waals surface area contributed by atoms with E-state index in [1.165, 1.54) is 0 Å². The minimum atomic E-state index is -4.88. The van der Waals surface area contributed by atoms with Crippen molar-refractivity contribution in [3.05, 3.63) is 0 Å². The van der Waals surface area contributed by atoms with Gasteiger partial charge in [0.25, 0.3) is 5.97 Å². The van der Waals surface area contributed by atoms with E-state index in [-0.39, 0.29) is 6.15 Å². The topological polar surface area (TPSA) is 164 Å². The van der Waals surface area contributed by atoms with Crippen molar-refractivity contribution in [2.24, 2.45) is 0 Å². The minimum absolute atomic E-state index is 0.